The summed E-state index contributed by atoms with van der Waals surface area (Å²) < 4.78 is 15.1. The van der Waals surface area contributed by atoms with Gasteiger partial charge in [0, 0.05) is 17.3 Å². The molecule has 2 aromatic carbocycles. The maximum atomic E-state index is 13.3. The first-order chi connectivity index (χ1) is 13.9. The summed E-state index contributed by atoms with van der Waals surface area (Å²) >= 11 is 1.15. The molecular weight excluding hydrogens is 393 g/mol. The number of nitrogens with one attached hydrogen (secondary N) is 2. The minimum Gasteiger partial charge on any atom is -0.336 e. The van der Waals surface area contributed by atoms with Gasteiger partial charge in [0.15, 0.2) is 11.0 Å². The van der Waals surface area contributed by atoms with Gasteiger partial charge in [-0.15, -0.1) is 10.2 Å². The largest absolute Gasteiger partial charge is 0.336 e. The topological polar surface area (TPSA) is 88.9 Å². The molecule has 2 N–H and O–H groups in total. The molecule has 1 aromatic heterocycles. The summed E-state index contributed by atoms with van der Waals surface area (Å²) in [5.41, 5.74) is 1.49. The highest BCUT2D eigenvalue weighted by molar-refractivity contribution is 7.99. The zero-order valence-electron chi connectivity index (χ0n) is 15.9. The summed E-state index contributed by atoms with van der Waals surface area (Å²) in [6, 6.07) is 14.7. The van der Waals surface area contributed by atoms with E-state index in [0.29, 0.717) is 16.5 Å². The standard InChI is InChI=1S/C20H20FN5O2S/c1-13(2)22-19(28)23-17(27)12-29-20-25-24-18(14-8-10-15(21)11-9-14)26(20)16-6-4-3-5-7-16/h3-11,13H,12H2,1-2H3,(H2,22,23,27,28). The minimum atomic E-state index is -0.540. The van der Waals surface area contributed by atoms with Crippen LogP contribution in [0.3, 0.4) is 0 Å². The molecule has 150 valence electrons. The van der Waals surface area contributed by atoms with Crippen LogP contribution in [0.1, 0.15) is 13.8 Å². The smallest absolute Gasteiger partial charge is 0.321 e. The highest BCUT2D eigenvalue weighted by Crippen LogP contribution is 2.27. The molecule has 0 aliphatic carbocycles. The molecule has 9 heteroatoms. The van der Waals surface area contributed by atoms with E-state index in [0.717, 1.165) is 17.4 Å². The molecule has 7 nitrogen and oxygen atoms in total. The van der Waals surface area contributed by atoms with Crippen LogP contribution < -0.4 is 10.6 Å². The van der Waals surface area contributed by atoms with Crippen LogP contribution in [0.15, 0.2) is 59.8 Å². The summed E-state index contributed by atoms with van der Waals surface area (Å²) in [5.74, 6) is -0.277. The number of rotatable bonds is 6. The Morgan fingerprint density at radius 2 is 1.76 bits per heavy atom. The van der Waals surface area contributed by atoms with Crippen molar-refractivity contribution in [2.75, 3.05) is 5.75 Å². The number of nitrogens with zero attached hydrogens (tertiary/aromatic N) is 3. The van der Waals surface area contributed by atoms with E-state index in [9.17, 15) is 14.0 Å². The number of benzene rings is 2. The lowest BCUT2D eigenvalue weighted by Gasteiger charge is -2.11. The predicted octanol–water partition coefficient (Wildman–Crippen LogP) is 3.40. The third-order valence-corrected chi connectivity index (χ3v) is 4.68. The lowest BCUT2D eigenvalue weighted by atomic mass is 10.2. The van der Waals surface area contributed by atoms with Gasteiger partial charge in [0.2, 0.25) is 5.91 Å². The SMILES string of the molecule is CC(C)NC(=O)NC(=O)CSc1nnc(-c2ccc(F)cc2)n1-c1ccccc1. The second kappa shape index (κ2) is 9.33. The Hall–Kier alpha value is -3.20. The van der Waals surface area contributed by atoms with Gasteiger partial charge in [-0.1, -0.05) is 30.0 Å². The average Bonchev–Trinajstić information content (AvgIpc) is 3.11. The fourth-order valence-electron chi connectivity index (χ4n) is 2.55. The van der Waals surface area contributed by atoms with E-state index < -0.39 is 11.9 Å². The highest BCUT2D eigenvalue weighted by atomic mass is 32.2. The summed E-state index contributed by atoms with van der Waals surface area (Å²) in [7, 11) is 0. The Bertz CT molecular complexity index is 990. The van der Waals surface area contributed by atoms with Gasteiger partial charge in [-0.2, -0.15) is 0 Å². The Morgan fingerprint density at radius 1 is 1.07 bits per heavy atom. The van der Waals surface area contributed by atoms with Crippen molar-refractivity contribution < 1.29 is 14.0 Å². The van der Waals surface area contributed by atoms with Gasteiger partial charge in [0.05, 0.1) is 5.75 Å². The maximum absolute atomic E-state index is 13.3. The van der Waals surface area contributed by atoms with E-state index in [1.54, 1.807) is 30.5 Å². The molecule has 3 amide bonds. The number of hydrogen-bond donors (Lipinski definition) is 2. The first kappa shape index (κ1) is 20.5. The second-order valence-corrected chi connectivity index (χ2v) is 7.39. The van der Waals surface area contributed by atoms with Gasteiger partial charge in [0.25, 0.3) is 0 Å². The highest BCUT2D eigenvalue weighted by Gasteiger charge is 2.18. The summed E-state index contributed by atoms with van der Waals surface area (Å²) in [4.78, 5) is 23.7. The molecule has 0 unspecified atom stereocenters. The zero-order chi connectivity index (χ0) is 20.8. The van der Waals surface area contributed by atoms with Gasteiger partial charge in [-0.3, -0.25) is 14.7 Å². The Balaban J connectivity index is 1.83. The van der Waals surface area contributed by atoms with E-state index in [1.807, 2.05) is 30.3 Å². The van der Waals surface area contributed by atoms with Crippen molar-refractivity contribution in [3.63, 3.8) is 0 Å². The van der Waals surface area contributed by atoms with Crippen molar-refractivity contribution in [2.45, 2.75) is 25.0 Å². The number of imide groups is 1. The number of hydrogen-bond acceptors (Lipinski definition) is 5. The van der Waals surface area contributed by atoms with Gasteiger partial charge in [-0.05, 0) is 50.2 Å². The van der Waals surface area contributed by atoms with Crippen molar-refractivity contribution in [3.05, 3.63) is 60.4 Å². The molecule has 0 aliphatic rings. The van der Waals surface area contributed by atoms with Crippen LogP contribution >= 0.6 is 11.8 Å². The fourth-order valence-corrected chi connectivity index (χ4v) is 3.30. The molecule has 1 heterocycles. The third kappa shape index (κ3) is 5.41. The number of thioether (sulfide) groups is 1. The third-order valence-electron chi connectivity index (χ3n) is 3.76. The molecule has 29 heavy (non-hydrogen) atoms. The van der Waals surface area contributed by atoms with Crippen molar-refractivity contribution >= 4 is 23.7 Å². The molecule has 0 fully saturated rings. The van der Waals surface area contributed by atoms with E-state index >= 15 is 0 Å². The van der Waals surface area contributed by atoms with Crippen molar-refractivity contribution in [1.29, 1.82) is 0 Å². The van der Waals surface area contributed by atoms with Gasteiger partial charge >= 0.3 is 6.03 Å². The lowest BCUT2D eigenvalue weighted by Crippen LogP contribution is -2.43. The average molecular weight is 413 g/mol. The van der Waals surface area contributed by atoms with Crippen molar-refractivity contribution in [3.8, 4) is 17.1 Å². The fraction of sp³-hybridized carbons (Fsp3) is 0.200. The first-order valence-electron chi connectivity index (χ1n) is 8.94. The molecule has 3 aromatic rings. The van der Waals surface area contributed by atoms with Crippen LogP contribution in [-0.4, -0.2) is 38.5 Å². The molecule has 0 spiro atoms. The van der Waals surface area contributed by atoms with Crippen LogP contribution in [0.2, 0.25) is 0 Å². The summed E-state index contributed by atoms with van der Waals surface area (Å²) in [6.07, 6.45) is 0. The Labute approximate surface area is 171 Å². The van der Waals surface area contributed by atoms with E-state index in [1.165, 1.54) is 12.1 Å². The number of carbonyl (C=O) groups excluding carboxylic acids is 2. The summed E-state index contributed by atoms with van der Waals surface area (Å²) in [5, 5.41) is 13.8. The molecule has 0 atom stereocenters. The molecule has 0 aliphatic heterocycles. The van der Waals surface area contributed by atoms with Crippen LogP contribution in [-0.2, 0) is 4.79 Å². The predicted molar refractivity (Wildman–Crippen MR) is 109 cm³/mol. The molecular formula is C20H20FN5O2S. The number of para-hydroxylation sites is 1. The number of urea groups is 1. The summed E-state index contributed by atoms with van der Waals surface area (Å²) in [6.45, 7) is 3.61. The Kier molecular flexibility index (Phi) is 6.61. The number of amides is 3. The molecule has 0 radical (unpaired) electrons. The Morgan fingerprint density at radius 3 is 2.41 bits per heavy atom. The van der Waals surface area contributed by atoms with Crippen LogP contribution in [0, 0.1) is 5.82 Å². The van der Waals surface area contributed by atoms with Gasteiger partial charge < -0.3 is 5.32 Å². The van der Waals surface area contributed by atoms with Crippen LogP contribution in [0.4, 0.5) is 9.18 Å². The number of halogens is 1. The molecule has 3 rings (SSSR count). The van der Waals surface area contributed by atoms with Crippen molar-refractivity contribution in [1.82, 2.24) is 25.4 Å². The molecule has 0 saturated heterocycles. The van der Waals surface area contributed by atoms with Gasteiger partial charge in [0.1, 0.15) is 5.82 Å². The van der Waals surface area contributed by atoms with E-state index in [2.05, 4.69) is 20.8 Å². The van der Waals surface area contributed by atoms with E-state index in [4.69, 9.17) is 0 Å². The normalized spacial score (nSPS) is 10.8. The number of aromatic nitrogens is 3. The first-order valence-corrected chi connectivity index (χ1v) is 9.92. The quantitative estimate of drug-likeness (QED) is 0.605. The van der Waals surface area contributed by atoms with E-state index in [-0.39, 0.29) is 17.6 Å². The minimum absolute atomic E-state index is 0.0140. The second-order valence-electron chi connectivity index (χ2n) is 6.45. The number of carbonyl (C=O) groups is 2. The van der Waals surface area contributed by atoms with Crippen LogP contribution in [0.5, 0.6) is 0 Å². The molecule has 0 bridgehead atoms. The monoisotopic (exact) mass is 413 g/mol. The van der Waals surface area contributed by atoms with Crippen LogP contribution in [0.25, 0.3) is 17.1 Å². The van der Waals surface area contributed by atoms with Gasteiger partial charge in [-0.25, -0.2) is 9.18 Å². The van der Waals surface area contributed by atoms with Crippen molar-refractivity contribution in [2.24, 2.45) is 0 Å². The molecule has 0 saturated carbocycles. The zero-order valence-corrected chi connectivity index (χ0v) is 16.7. The lowest BCUT2D eigenvalue weighted by molar-refractivity contribution is -0.117. The maximum Gasteiger partial charge on any atom is 0.321 e.